The minimum atomic E-state index is -4.32. The highest BCUT2D eigenvalue weighted by Crippen LogP contribution is 2.35. The number of halogens is 3. The molecule has 0 unspecified atom stereocenters. The van der Waals surface area contributed by atoms with Crippen LogP contribution in [-0.2, 0) is 11.7 Å². The number of benzene rings is 1. The third kappa shape index (κ3) is 2.90. The van der Waals surface area contributed by atoms with E-state index in [1.165, 1.54) is 17.4 Å². The first-order valence-corrected chi connectivity index (χ1v) is 6.79. The third-order valence-electron chi connectivity index (χ3n) is 2.87. The standard InChI is InChI=1S/C13H15F3N2S/c1-4-17-12(2,3)11-18-9-7-8(13(14,15)16)5-6-10(9)19-11/h5-7,17H,4H2,1-3H3. The Kier molecular flexibility index (Phi) is 3.57. The van der Waals surface area contributed by atoms with Crippen LogP contribution in [0.25, 0.3) is 10.2 Å². The molecule has 1 N–H and O–H groups in total. The maximum absolute atomic E-state index is 12.6. The summed E-state index contributed by atoms with van der Waals surface area (Å²) in [4.78, 5) is 4.33. The Morgan fingerprint density at radius 1 is 1.26 bits per heavy atom. The van der Waals surface area contributed by atoms with Crippen LogP contribution < -0.4 is 5.32 Å². The molecule has 1 aromatic heterocycles. The lowest BCUT2D eigenvalue weighted by Gasteiger charge is -2.22. The van der Waals surface area contributed by atoms with Crippen LogP contribution in [0.5, 0.6) is 0 Å². The summed E-state index contributed by atoms with van der Waals surface area (Å²) < 4.78 is 38.7. The van der Waals surface area contributed by atoms with Gasteiger partial charge in [0.05, 0.1) is 21.3 Å². The van der Waals surface area contributed by atoms with Gasteiger partial charge in [-0.05, 0) is 38.6 Å². The minimum absolute atomic E-state index is 0.336. The van der Waals surface area contributed by atoms with E-state index in [4.69, 9.17) is 0 Å². The number of hydrogen-bond donors (Lipinski definition) is 1. The minimum Gasteiger partial charge on any atom is -0.306 e. The summed E-state index contributed by atoms with van der Waals surface area (Å²) in [7, 11) is 0. The number of aromatic nitrogens is 1. The first kappa shape index (κ1) is 14.3. The Balaban J connectivity index is 2.47. The maximum Gasteiger partial charge on any atom is 0.416 e. The normalized spacial score (nSPS) is 13.2. The Labute approximate surface area is 113 Å². The van der Waals surface area contributed by atoms with Crippen LogP contribution >= 0.6 is 11.3 Å². The molecular formula is C13H15F3N2S. The molecular weight excluding hydrogens is 273 g/mol. The van der Waals surface area contributed by atoms with Gasteiger partial charge in [-0.2, -0.15) is 13.2 Å². The fourth-order valence-corrected chi connectivity index (χ4v) is 2.91. The molecule has 0 aliphatic heterocycles. The molecule has 2 nitrogen and oxygen atoms in total. The van der Waals surface area contributed by atoms with Crippen molar-refractivity contribution in [3.63, 3.8) is 0 Å². The average molecular weight is 288 g/mol. The molecule has 0 fully saturated rings. The van der Waals surface area contributed by atoms with Gasteiger partial charge in [0, 0.05) is 0 Å². The first-order valence-electron chi connectivity index (χ1n) is 5.97. The summed E-state index contributed by atoms with van der Waals surface area (Å²) in [5, 5.41) is 4.06. The van der Waals surface area contributed by atoms with E-state index in [9.17, 15) is 13.2 Å². The molecule has 0 amide bonds. The van der Waals surface area contributed by atoms with Crippen LogP contribution in [-0.4, -0.2) is 11.5 Å². The SMILES string of the molecule is CCNC(C)(C)c1nc2cc(C(F)(F)F)ccc2s1. The number of alkyl halides is 3. The number of nitrogens with zero attached hydrogens (tertiary/aromatic N) is 1. The molecule has 2 rings (SSSR count). The molecule has 0 bridgehead atoms. The predicted molar refractivity (Wildman–Crippen MR) is 71.3 cm³/mol. The second kappa shape index (κ2) is 4.76. The molecule has 0 saturated carbocycles. The molecule has 0 saturated heterocycles. The van der Waals surface area contributed by atoms with Gasteiger partial charge in [-0.1, -0.05) is 6.92 Å². The number of fused-ring (bicyclic) bond motifs is 1. The molecule has 104 valence electrons. The summed E-state index contributed by atoms with van der Waals surface area (Å²) >= 11 is 1.42. The number of hydrogen-bond acceptors (Lipinski definition) is 3. The van der Waals surface area contributed by atoms with Crippen LogP contribution in [0, 0.1) is 0 Å². The molecule has 1 heterocycles. The topological polar surface area (TPSA) is 24.9 Å². The lowest BCUT2D eigenvalue weighted by Crippen LogP contribution is -2.36. The molecule has 0 radical (unpaired) electrons. The van der Waals surface area contributed by atoms with E-state index in [0.717, 1.165) is 28.4 Å². The van der Waals surface area contributed by atoms with E-state index in [0.29, 0.717) is 5.52 Å². The van der Waals surface area contributed by atoms with Crippen molar-refractivity contribution < 1.29 is 13.2 Å². The Morgan fingerprint density at radius 3 is 2.53 bits per heavy atom. The second-order valence-corrected chi connectivity index (χ2v) is 5.89. The van der Waals surface area contributed by atoms with E-state index in [1.807, 2.05) is 20.8 Å². The highest BCUT2D eigenvalue weighted by molar-refractivity contribution is 7.18. The van der Waals surface area contributed by atoms with Gasteiger partial charge in [0.2, 0.25) is 0 Å². The fraction of sp³-hybridized carbons (Fsp3) is 0.462. The number of nitrogens with one attached hydrogen (secondary N) is 1. The Bertz CT molecular complexity index is 587. The lowest BCUT2D eigenvalue weighted by atomic mass is 10.1. The van der Waals surface area contributed by atoms with E-state index in [2.05, 4.69) is 10.3 Å². The quantitative estimate of drug-likeness (QED) is 0.917. The van der Waals surface area contributed by atoms with E-state index in [-0.39, 0.29) is 5.54 Å². The van der Waals surface area contributed by atoms with Crippen LogP contribution in [0.4, 0.5) is 13.2 Å². The van der Waals surface area contributed by atoms with Crippen LogP contribution in [0.3, 0.4) is 0 Å². The fourth-order valence-electron chi connectivity index (χ4n) is 1.89. The lowest BCUT2D eigenvalue weighted by molar-refractivity contribution is -0.137. The molecule has 0 aliphatic carbocycles. The molecule has 19 heavy (non-hydrogen) atoms. The maximum atomic E-state index is 12.6. The van der Waals surface area contributed by atoms with Crippen LogP contribution in [0.1, 0.15) is 31.3 Å². The van der Waals surface area contributed by atoms with Crippen LogP contribution in [0.15, 0.2) is 18.2 Å². The van der Waals surface area contributed by atoms with Gasteiger partial charge in [-0.15, -0.1) is 11.3 Å². The van der Waals surface area contributed by atoms with Crippen LogP contribution in [0.2, 0.25) is 0 Å². The van der Waals surface area contributed by atoms with Crippen molar-refractivity contribution in [3.05, 3.63) is 28.8 Å². The van der Waals surface area contributed by atoms with Gasteiger partial charge >= 0.3 is 6.18 Å². The molecule has 6 heteroatoms. The van der Waals surface area contributed by atoms with Crippen molar-refractivity contribution in [2.24, 2.45) is 0 Å². The van der Waals surface area contributed by atoms with Gasteiger partial charge < -0.3 is 5.32 Å². The average Bonchev–Trinajstić information content (AvgIpc) is 2.70. The molecule has 1 aromatic carbocycles. The summed E-state index contributed by atoms with van der Waals surface area (Å²) in [6.07, 6.45) is -4.32. The molecule has 0 aliphatic rings. The van der Waals surface area contributed by atoms with Gasteiger partial charge in [0.1, 0.15) is 5.01 Å². The largest absolute Gasteiger partial charge is 0.416 e. The van der Waals surface area contributed by atoms with Crippen molar-refractivity contribution in [2.75, 3.05) is 6.54 Å². The smallest absolute Gasteiger partial charge is 0.306 e. The molecule has 2 aromatic rings. The van der Waals surface area contributed by atoms with E-state index >= 15 is 0 Å². The van der Waals surface area contributed by atoms with Crippen molar-refractivity contribution in [3.8, 4) is 0 Å². The Hall–Kier alpha value is -1.14. The highest BCUT2D eigenvalue weighted by Gasteiger charge is 2.31. The van der Waals surface area contributed by atoms with Crippen molar-refractivity contribution >= 4 is 21.6 Å². The van der Waals surface area contributed by atoms with E-state index in [1.54, 1.807) is 0 Å². The zero-order valence-corrected chi connectivity index (χ0v) is 11.7. The predicted octanol–water partition coefficient (Wildman–Crippen LogP) is 4.16. The highest BCUT2D eigenvalue weighted by atomic mass is 32.1. The van der Waals surface area contributed by atoms with Gasteiger partial charge in [0.15, 0.2) is 0 Å². The Morgan fingerprint density at radius 2 is 1.95 bits per heavy atom. The van der Waals surface area contributed by atoms with Gasteiger partial charge in [-0.25, -0.2) is 4.98 Å². The first-order chi connectivity index (χ1) is 8.74. The zero-order valence-electron chi connectivity index (χ0n) is 10.9. The summed E-state index contributed by atoms with van der Waals surface area (Å²) in [6.45, 7) is 6.70. The van der Waals surface area contributed by atoms with Gasteiger partial charge in [-0.3, -0.25) is 0 Å². The number of rotatable bonds is 3. The monoisotopic (exact) mass is 288 g/mol. The summed E-state index contributed by atoms with van der Waals surface area (Å²) in [5.74, 6) is 0. The second-order valence-electron chi connectivity index (χ2n) is 4.85. The zero-order chi connectivity index (χ0) is 14.3. The van der Waals surface area contributed by atoms with Gasteiger partial charge in [0.25, 0.3) is 0 Å². The molecule has 0 atom stereocenters. The van der Waals surface area contributed by atoms with E-state index < -0.39 is 11.7 Å². The summed E-state index contributed by atoms with van der Waals surface area (Å²) in [5.41, 5.74) is -0.587. The van der Waals surface area contributed by atoms with Crippen molar-refractivity contribution in [1.29, 1.82) is 0 Å². The van der Waals surface area contributed by atoms with Crippen molar-refractivity contribution in [1.82, 2.24) is 10.3 Å². The molecule has 0 spiro atoms. The van der Waals surface area contributed by atoms with Crippen molar-refractivity contribution in [2.45, 2.75) is 32.5 Å². The third-order valence-corrected chi connectivity index (χ3v) is 4.23. The number of thiazole rings is 1. The summed E-state index contributed by atoms with van der Waals surface area (Å²) in [6, 6.07) is 3.70.